The smallest absolute Gasteiger partial charge is 0.0440 e. The zero-order valence-corrected chi connectivity index (χ0v) is 9.97. The van der Waals surface area contributed by atoms with Crippen molar-refractivity contribution in [2.75, 3.05) is 0 Å². The second kappa shape index (κ2) is 7.41. The minimum atomic E-state index is 0.624. The SMILES string of the molecule is [CH2]C(C)CC(C)CCCC(C)CC. The van der Waals surface area contributed by atoms with Crippen LogP contribution in [0.2, 0.25) is 0 Å². The molecular weight excluding hydrogens is 156 g/mol. The molecule has 0 saturated carbocycles. The normalized spacial score (nSPS) is 16.2. The summed E-state index contributed by atoms with van der Waals surface area (Å²) in [6, 6.07) is 0. The summed E-state index contributed by atoms with van der Waals surface area (Å²) < 4.78 is 0. The first kappa shape index (κ1) is 13.0. The fraction of sp³-hybridized carbons (Fsp3) is 0.923. The first-order valence-electron chi connectivity index (χ1n) is 5.89. The summed E-state index contributed by atoms with van der Waals surface area (Å²) in [4.78, 5) is 0. The van der Waals surface area contributed by atoms with Crippen molar-refractivity contribution in [3.63, 3.8) is 0 Å². The van der Waals surface area contributed by atoms with E-state index in [0.717, 1.165) is 11.8 Å². The lowest BCUT2D eigenvalue weighted by atomic mass is 9.92. The first-order chi connectivity index (χ1) is 6.06. The minimum Gasteiger partial charge on any atom is -0.0651 e. The zero-order valence-electron chi connectivity index (χ0n) is 9.97. The van der Waals surface area contributed by atoms with E-state index >= 15 is 0 Å². The van der Waals surface area contributed by atoms with E-state index in [1.807, 2.05) is 0 Å². The Balaban J connectivity index is 3.31. The van der Waals surface area contributed by atoms with Gasteiger partial charge >= 0.3 is 0 Å². The lowest BCUT2D eigenvalue weighted by Gasteiger charge is -2.14. The molecule has 0 N–H and O–H groups in total. The van der Waals surface area contributed by atoms with Crippen molar-refractivity contribution in [3.8, 4) is 0 Å². The summed E-state index contributed by atoms with van der Waals surface area (Å²) in [5.41, 5.74) is 0. The van der Waals surface area contributed by atoms with Crippen LogP contribution in [-0.4, -0.2) is 0 Å². The Bertz CT molecular complexity index is 105. The lowest BCUT2D eigenvalue weighted by Crippen LogP contribution is -2.01. The summed E-state index contributed by atoms with van der Waals surface area (Å²) in [5, 5.41) is 0. The Morgan fingerprint density at radius 3 is 2.00 bits per heavy atom. The van der Waals surface area contributed by atoms with E-state index in [2.05, 4.69) is 34.6 Å². The predicted octanol–water partition coefficient (Wildman–Crippen LogP) is 4.70. The van der Waals surface area contributed by atoms with E-state index in [0.29, 0.717) is 5.92 Å². The first-order valence-corrected chi connectivity index (χ1v) is 5.89. The van der Waals surface area contributed by atoms with Gasteiger partial charge in [0, 0.05) is 0 Å². The van der Waals surface area contributed by atoms with Crippen LogP contribution in [0.1, 0.15) is 59.8 Å². The van der Waals surface area contributed by atoms with Gasteiger partial charge in [0.25, 0.3) is 0 Å². The quantitative estimate of drug-likeness (QED) is 0.536. The zero-order chi connectivity index (χ0) is 10.3. The Labute approximate surface area is 85.1 Å². The van der Waals surface area contributed by atoms with Gasteiger partial charge in [0.05, 0.1) is 0 Å². The van der Waals surface area contributed by atoms with Crippen molar-refractivity contribution in [2.24, 2.45) is 17.8 Å². The van der Waals surface area contributed by atoms with Gasteiger partial charge in [-0.25, -0.2) is 0 Å². The standard InChI is InChI=1S/C13H27/c1-6-12(4)8-7-9-13(5)10-11(2)3/h11-13H,2,6-10H2,1,3-5H3. The highest BCUT2D eigenvalue weighted by Crippen LogP contribution is 2.19. The maximum atomic E-state index is 4.04. The highest BCUT2D eigenvalue weighted by atomic mass is 14.1. The van der Waals surface area contributed by atoms with Gasteiger partial charge in [0.15, 0.2) is 0 Å². The molecule has 13 heavy (non-hydrogen) atoms. The van der Waals surface area contributed by atoms with Crippen molar-refractivity contribution < 1.29 is 0 Å². The molecule has 0 amide bonds. The topological polar surface area (TPSA) is 0 Å². The van der Waals surface area contributed by atoms with E-state index in [-0.39, 0.29) is 0 Å². The Hall–Kier alpha value is 0. The molecule has 0 aliphatic heterocycles. The molecule has 0 heterocycles. The molecule has 0 nitrogen and oxygen atoms in total. The molecule has 0 aromatic carbocycles. The Morgan fingerprint density at radius 2 is 1.54 bits per heavy atom. The molecule has 0 bridgehead atoms. The van der Waals surface area contributed by atoms with Gasteiger partial charge in [-0.2, -0.15) is 0 Å². The third-order valence-electron chi connectivity index (χ3n) is 2.90. The molecule has 0 aliphatic carbocycles. The maximum absolute atomic E-state index is 4.04. The molecular formula is C13H27. The summed E-state index contributed by atoms with van der Waals surface area (Å²) in [6.07, 6.45) is 6.83. The highest BCUT2D eigenvalue weighted by Gasteiger charge is 2.05. The van der Waals surface area contributed by atoms with Gasteiger partial charge < -0.3 is 0 Å². The molecule has 0 aliphatic rings. The molecule has 0 aromatic rings. The van der Waals surface area contributed by atoms with Crippen molar-refractivity contribution >= 4 is 0 Å². The van der Waals surface area contributed by atoms with Gasteiger partial charge in [-0.3, -0.25) is 0 Å². The van der Waals surface area contributed by atoms with Crippen molar-refractivity contribution in [2.45, 2.75) is 59.8 Å². The van der Waals surface area contributed by atoms with Crippen LogP contribution in [0.5, 0.6) is 0 Å². The van der Waals surface area contributed by atoms with Crippen LogP contribution in [0.25, 0.3) is 0 Å². The Kier molecular flexibility index (Phi) is 7.41. The average molecular weight is 183 g/mol. The van der Waals surface area contributed by atoms with E-state index in [1.54, 1.807) is 0 Å². The highest BCUT2D eigenvalue weighted by molar-refractivity contribution is 4.61. The van der Waals surface area contributed by atoms with Crippen LogP contribution in [0.3, 0.4) is 0 Å². The van der Waals surface area contributed by atoms with Crippen LogP contribution >= 0.6 is 0 Å². The van der Waals surface area contributed by atoms with Gasteiger partial charge in [0.2, 0.25) is 0 Å². The molecule has 3 unspecified atom stereocenters. The second-order valence-corrected chi connectivity index (χ2v) is 4.89. The molecule has 0 saturated heterocycles. The minimum absolute atomic E-state index is 0.624. The fourth-order valence-electron chi connectivity index (χ4n) is 1.82. The number of rotatable bonds is 7. The molecule has 0 fully saturated rings. The van der Waals surface area contributed by atoms with E-state index < -0.39 is 0 Å². The van der Waals surface area contributed by atoms with Gasteiger partial charge in [-0.15, -0.1) is 0 Å². The van der Waals surface area contributed by atoms with Crippen molar-refractivity contribution in [3.05, 3.63) is 6.92 Å². The van der Waals surface area contributed by atoms with Crippen LogP contribution in [0.4, 0.5) is 0 Å². The lowest BCUT2D eigenvalue weighted by molar-refractivity contribution is 0.392. The van der Waals surface area contributed by atoms with E-state index in [4.69, 9.17) is 0 Å². The molecule has 0 aromatic heterocycles. The largest absolute Gasteiger partial charge is 0.0651 e. The molecule has 1 radical (unpaired) electrons. The maximum Gasteiger partial charge on any atom is -0.0440 e. The Morgan fingerprint density at radius 1 is 1.00 bits per heavy atom. The van der Waals surface area contributed by atoms with E-state index in [1.165, 1.54) is 32.1 Å². The molecule has 3 atom stereocenters. The summed E-state index contributed by atoms with van der Waals surface area (Å²) in [7, 11) is 0. The third-order valence-corrected chi connectivity index (χ3v) is 2.90. The molecule has 0 spiro atoms. The van der Waals surface area contributed by atoms with Crippen molar-refractivity contribution in [1.29, 1.82) is 0 Å². The van der Waals surface area contributed by atoms with Crippen molar-refractivity contribution in [1.82, 2.24) is 0 Å². The summed E-state index contributed by atoms with van der Waals surface area (Å²) in [5.74, 6) is 2.42. The van der Waals surface area contributed by atoms with Crippen LogP contribution < -0.4 is 0 Å². The average Bonchev–Trinajstić information content (AvgIpc) is 2.02. The monoisotopic (exact) mass is 183 g/mol. The fourth-order valence-corrected chi connectivity index (χ4v) is 1.82. The van der Waals surface area contributed by atoms with Crippen LogP contribution in [0.15, 0.2) is 0 Å². The third kappa shape index (κ3) is 8.33. The molecule has 79 valence electrons. The van der Waals surface area contributed by atoms with Gasteiger partial charge in [0.1, 0.15) is 0 Å². The van der Waals surface area contributed by atoms with Gasteiger partial charge in [-0.1, -0.05) is 60.3 Å². The number of hydrogen-bond acceptors (Lipinski definition) is 0. The van der Waals surface area contributed by atoms with Crippen LogP contribution in [0, 0.1) is 24.7 Å². The summed E-state index contributed by atoms with van der Waals surface area (Å²) in [6.45, 7) is 13.3. The van der Waals surface area contributed by atoms with Crippen LogP contribution in [-0.2, 0) is 0 Å². The van der Waals surface area contributed by atoms with Gasteiger partial charge in [-0.05, 0) is 24.2 Å². The predicted molar refractivity (Wildman–Crippen MR) is 61.6 cm³/mol. The number of hydrogen-bond donors (Lipinski definition) is 0. The second-order valence-electron chi connectivity index (χ2n) is 4.89. The van der Waals surface area contributed by atoms with E-state index in [9.17, 15) is 0 Å². The molecule has 0 rings (SSSR count). The molecule has 0 heteroatoms. The summed E-state index contributed by atoms with van der Waals surface area (Å²) >= 11 is 0.